The number of hydrogen-bond acceptors (Lipinski definition) is 5. The van der Waals surface area contributed by atoms with E-state index < -0.39 is 5.82 Å². The summed E-state index contributed by atoms with van der Waals surface area (Å²) in [5.74, 6) is 0.0776. The quantitative estimate of drug-likeness (QED) is 0.832. The average molecular weight is 345 g/mol. The Balaban J connectivity index is 1.51. The Kier molecular flexibility index (Phi) is 5.42. The van der Waals surface area contributed by atoms with Gasteiger partial charge in [0, 0.05) is 6.54 Å². The predicted molar refractivity (Wildman–Crippen MR) is 88.9 cm³/mol. The number of halogens is 1. The van der Waals surface area contributed by atoms with Gasteiger partial charge in [0.2, 0.25) is 0 Å². The lowest BCUT2D eigenvalue weighted by molar-refractivity contribution is -0.136. The van der Waals surface area contributed by atoms with Gasteiger partial charge >= 0.3 is 6.01 Å². The van der Waals surface area contributed by atoms with Gasteiger partial charge in [-0.3, -0.25) is 4.79 Å². The van der Waals surface area contributed by atoms with Crippen molar-refractivity contribution in [2.45, 2.75) is 25.9 Å². The maximum absolute atomic E-state index is 12.8. The number of aryl methyl sites for hydroxylation is 1. The third kappa shape index (κ3) is 4.89. The number of piperidine rings is 1. The highest BCUT2D eigenvalue weighted by Gasteiger charge is 2.25. The van der Waals surface area contributed by atoms with Crippen molar-refractivity contribution in [3.63, 3.8) is 0 Å². The van der Waals surface area contributed by atoms with E-state index in [2.05, 4.69) is 9.97 Å². The first-order chi connectivity index (χ1) is 12.1. The van der Waals surface area contributed by atoms with Gasteiger partial charge in [0.1, 0.15) is 11.9 Å². The minimum absolute atomic E-state index is 0.0107. The van der Waals surface area contributed by atoms with Crippen LogP contribution in [0.1, 0.15) is 18.4 Å². The molecule has 1 aromatic carbocycles. The number of ether oxygens (including phenoxy) is 2. The van der Waals surface area contributed by atoms with E-state index in [1.165, 1.54) is 0 Å². The van der Waals surface area contributed by atoms with Crippen LogP contribution in [0.2, 0.25) is 0 Å². The van der Waals surface area contributed by atoms with Crippen molar-refractivity contribution in [3.8, 4) is 11.8 Å². The molecule has 0 saturated carbocycles. The fourth-order valence-corrected chi connectivity index (χ4v) is 2.71. The summed E-state index contributed by atoms with van der Waals surface area (Å²) in [5, 5.41) is 0. The Morgan fingerprint density at radius 3 is 2.92 bits per heavy atom. The number of likely N-dealkylation sites (tertiary alicyclic amines) is 1. The molecule has 1 aliphatic rings. The molecule has 0 bridgehead atoms. The topological polar surface area (TPSA) is 64.5 Å². The molecular formula is C18H20FN3O3. The summed E-state index contributed by atoms with van der Waals surface area (Å²) < 4.78 is 24.1. The molecule has 1 atom stereocenters. The molecule has 0 aliphatic carbocycles. The van der Waals surface area contributed by atoms with E-state index in [4.69, 9.17) is 9.47 Å². The predicted octanol–water partition coefficient (Wildman–Crippen LogP) is 2.37. The number of rotatable bonds is 5. The summed E-state index contributed by atoms with van der Waals surface area (Å²) in [6, 6.07) is 7.70. The molecule has 1 amide bonds. The van der Waals surface area contributed by atoms with Gasteiger partial charge in [-0.05, 0) is 37.5 Å². The zero-order valence-electron chi connectivity index (χ0n) is 14.0. The number of benzene rings is 1. The summed E-state index contributed by atoms with van der Waals surface area (Å²) in [4.78, 5) is 21.7. The van der Waals surface area contributed by atoms with Gasteiger partial charge < -0.3 is 14.4 Å². The fraction of sp³-hybridized carbons (Fsp3) is 0.389. The summed E-state index contributed by atoms with van der Waals surface area (Å²) >= 11 is 0. The van der Waals surface area contributed by atoms with Crippen molar-refractivity contribution in [2.24, 2.45) is 0 Å². The van der Waals surface area contributed by atoms with Crippen molar-refractivity contribution < 1.29 is 18.7 Å². The van der Waals surface area contributed by atoms with Gasteiger partial charge in [-0.25, -0.2) is 14.4 Å². The first-order valence-electron chi connectivity index (χ1n) is 8.21. The van der Waals surface area contributed by atoms with Crippen molar-refractivity contribution in [1.29, 1.82) is 0 Å². The third-order valence-corrected chi connectivity index (χ3v) is 3.95. The van der Waals surface area contributed by atoms with Crippen LogP contribution in [0.5, 0.6) is 11.8 Å². The first-order valence-corrected chi connectivity index (χ1v) is 8.21. The SMILES string of the molecule is Cc1cccc(OCC(=O)N2CCCC(Oc3ncc(F)cn3)C2)c1. The van der Waals surface area contributed by atoms with Crippen LogP contribution >= 0.6 is 0 Å². The first kappa shape index (κ1) is 17.1. The molecule has 1 fully saturated rings. The zero-order valence-corrected chi connectivity index (χ0v) is 14.0. The Labute approximate surface area is 145 Å². The lowest BCUT2D eigenvalue weighted by atomic mass is 10.1. The summed E-state index contributed by atoms with van der Waals surface area (Å²) in [5.41, 5.74) is 1.08. The van der Waals surface area contributed by atoms with Gasteiger partial charge in [-0.2, -0.15) is 0 Å². The van der Waals surface area contributed by atoms with E-state index in [0.29, 0.717) is 18.8 Å². The second-order valence-electron chi connectivity index (χ2n) is 6.01. The summed E-state index contributed by atoms with van der Waals surface area (Å²) in [6.07, 6.45) is 3.53. The molecule has 3 rings (SSSR count). The molecular weight excluding hydrogens is 325 g/mol. The molecule has 0 spiro atoms. The molecule has 7 heteroatoms. The maximum atomic E-state index is 12.8. The second-order valence-corrected chi connectivity index (χ2v) is 6.01. The van der Waals surface area contributed by atoms with E-state index in [1.54, 1.807) is 4.90 Å². The Morgan fingerprint density at radius 1 is 1.36 bits per heavy atom. The van der Waals surface area contributed by atoms with Crippen LogP contribution in [0.4, 0.5) is 4.39 Å². The zero-order chi connectivity index (χ0) is 17.6. The van der Waals surface area contributed by atoms with E-state index in [1.807, 2.05) is 31.2 Å². The van der Waals surface area contributed by atoms with Crippen molar-refractivity contribution in [2.75, 3.05) is 19.7 Å². The van der Waals surface area contributed by atoms with Gasteiger partial charge in [0.15, 0.2) is 12.4 Å². The van der Waals surface area contributed by atoms with Crippen molar-refractivity contribution >= 4 is 5.91 Å². The fourth-order valence-electron chi connectivity index (χ4n) is 2.71. The van der Waals surface area contributed by atoms with Crippen molar-refractivity contribution in [3.05, 3.63) is 48.0 Å². The standard InChI is InChI=1S/C18H20FN3O3/c1-13-4-2-5-15(8-13)24-12-17(23)22-7-3-6-16(11-22)25-18-20-9-14(19)10-21-18/h2,4-5,8-10,16H,3,6-7,11-12H2,1H3. The minimum Gasteiger partial charge on any atom is -0.484 e. The number of nitrogens with zero attached hydrogens (tertiary/aromatic N) is 3. The van der Waals surface area contributed by atoms with Gasteiger partial charge in [-0.1, -0.05) is 12.1 Å². The van der Waals surface area contributed by atoms with Crippen LogP contribution in [0.25, 0.3) is 0 Å². The van der Waals surface area contributed by atoms with E-state index in [0.717, 1.165) is 30.8 Å². The lowest BCUT2D eigenvalue weighted by Gasteiger charge is -2.32. The van der Waals surface area contributed by atoms with E-state index in [9.17, 15) is 9.18 Å². The number of amides is 1. The normalized spacial score (nSPS) is 17.2. The third-order valence-electron chi connectivity index (χ3n) is 3.95. The highest BCUT2D eigenvalue weighted by Crippen LogP contribution is 2.17. The van der Waals surface area contributed by atoms with Gasteiger partial charge in [-0.15, -0.1) is 0 Å². The average Bonchev–Trinajstić information content (AvgIpc) is 2.62. The van der Waals surface area contributed by atoms with Crippen LogP contribution in [-0.4, -0.2) is 46.6 Å². The molecule has 1 saturated heterocycles. The molecule has 1 aliphatic heterocycles. The highest BCUT2D eigenvalue weighted by atomic mass is 19.1. The summed E-state index contributed by atoms with van der Waals surface area (Å²) in [7, 11) is 0. The molecule has 0 N–H and O–H groups in total. The Hall–Kier alpha value is -2.70. The molecule has 2 aromatic rings. The maximum Gasteiger partial charge on any atom is 0.316 e. The number of carbonyl (C=O) groups is 1. The molecule has 2 heterocycles. The van der Waals surface area contributed by atoms with Gasteiger partial charge in [0.05, 0.1) is 18.9 Å². The highest BCUT2D eigenvalue weighted by molar-refractivity contribution is 5.77. The summed E-state index contributed by atoms with van der Waals surface area (Å²) in [6.45, 7) is 3.07. The van der Waals surface area contributed by atoms with E-state index in [-0.39, 0.29) is 24.6 Å². The van der Waals surface area contributed by atoms with E-state index >= 15 is 0 Å². The molecule has 132 valence electrons. The number of aromatic nitrogens is 2. The van der Waals surface area contributed by atoms with Crippen LogP contribution in [0.15, 0.2) is 36.7 Å². The molecule has 1 unspecified atom stereocenters. The van der Waals surface area contributed by atoms with Crippen LogP contribution in [0.3, 0.4) is 0 Å². The van der Waals surface area contributed by atoms with Crippen molar-refractivity contribution in [1.82, 2.24) is 14.9 Å². The monoisotopic (exact) mass is 345 g/mol. The van der Waals surface area contributed by atoms with Crippen LogP contribution in [-0.2, 0) is 4.79 Å². The lowest BCUT2D eigenvalue weighted by Crippen LogP contribution is -2.46. The molecule has 25 heavy (non-hydrogen) atoms. The molecule has 1 aromatic heterocycles. The smallest absolute Gasteiger partial charge is 0.316 e. The molecule has 0 radical (unpaired) electrons. The second kappa shape index (κ2) is 7.92. The molecule has 6 nitrogen and oxygen atoms in total. The Bertz CT molecular complexity index is 724. The van der Waals surface area contributed by atoms with Gasteiger partial charge in [0.25, 0.3) is 5.91 Å². The number of carbonyl (C=O) groups excluding carboxylic acids is 1. The number of hydrogen-bond donors (Lipinski definition) is 0. The Morgan fingerprint density at radius 2 is 2.16 bits per heavy atom. The van der Waals surface area contributed by atoms with Crippen LogP contribution < -0.4 is 9.47 Å². The minimum atomic E-state index is -0.513. The largest absolute Gasteiger partial charge is 0.484 e. The van der Waals surface area contributed by atoms with Crippen LogP contribution in [0, 0.1) is 12.7 Å².